The lowest BCUT2D eigenvalue weighted by Crippen LogP contribution is -2.46. The zero-order chi connectivity index (χ0) is 44.5. The number of esters is 1. The Bertz CT molecular complexity index is 1140. The van der Waals surface area contributed by atoms with Crippen LogP contribution in [0.2, 0.25) is 0 Å². The van der Waals surface area contributed by atoms with Crippen LogP contribution >= 0.6 is 0 Å². The van der Waals surface area contributed by atoms with Crippen LogP contribution in [0.1, 0.15) is 239 Å². The van der Waals surface area contributed by atoms with E-state index in [4.69, 9.17) is 4.74 Å². The Balaban J connectivity index is 4.55. The van der Waals surface area contributed by atoms with Crippen LogP contribution in [0.15, 0.2) is 72.9 Å². The van der Waals surface area contributed by atoms with Crippen LogP contribution in [0.4, 0.5) is 0 Å². The van der Waals surface area contributed by atoms with E-state index in [2.05, 4.69) is 62.5 Å². The normalized spacial score (nSPS) is 13.9. The predicted octanol–water partition coefficient (Wildman–Crippen LogP) is 15.4. The number of rotatable bonds is 45. The van der Waals surface area contributed by atoms with E-state index in [1.165, 1.54) is 116 Å². The maximum atomic E-state index is 13.2. The van der Waals surface area contributed by atoms with Crippen LogP contribution in [-0.4, -0.2) is 46.9 Å². The highest BCUT2D eigenvalue weighted by molar-refractivity contribution is 5.77. The Hall–Kier alpha value is -2.70. The number of carbonyl (C=O) groups excluding carboxylic acids is 2. The molecule has 6 heteroatoms. The van der Waals surface area contributed by atoms with E-state index in [1.54, 1.807) is 0 Å². The molecule has 0 rings (SSSR count). The molecule has 0 aromatic heterocycles. The van der Waals surface area contributed by atoms with Gasteiger partial charge in [-0.3, -0.25) is 9.59 Å². The molecule has 61 heavy (non-hydrogen) atoms. The molecule has 0 saturated heterocycles. The van der Waals surface area contributed by atoms with Gasteiger partial charge >= 0.3 is 5.97 Å². The predicted molar refractivity (Wildman–Crippen MR) is 264 cm³/mol. The van der Waals surface area contributed by atoms with Crippen molar-refractivity contribution in [1.29, 1.82) is 0 Å². The van der Waals surface area contributed by atoms with Gasteiger partial charge in [-0.1, -0.05) is 235 Å². The molecule has 0 heterocycles. The van der Waals surface area contributed by atoms with Gasteiger partial charge < -0.3 is 20.3 Å². The summed E-state index contributed by atoms with van der Waals surface area (Å²) in [5.74, 6) is -0.553. The summed E-state index contributed by atoms with van der Waals surface area (Å²) in [6.07, 6.45) is 61.2. The summed E-state index contributed by atoms with van der Waals surface area (Å²) in [7, 11) is 0. The van der Waals surface area contributed by atoms with Gasteiger partial charge in [-0.15, -0.1) is 0 Å². The third kappa shape index (κ3) is 43.7. The van der Waals surface area contributed by atoms with E-state index in [1.807, 2.05) is 36.5 Å². The van der Waals surface area contributed by atoms with Gasteiger partial charge in [0.15, 0.2) is 0 Å². The average molecular weight is 852 g/mol. The summed E-state index contributed by atoms with van der Waals surface area (Å²) in [5.41, 5.74) is 0. The van der Waals surface area contributed by atoms with Crippen molar-refractivity contribution < 1.29 is 24.5 Å². The lowest BCUT2D eigenvalue weighted by atomic mass is 10.0. The minimum Gasteiger partial charge on any atom is -0.462 e. The molecule has 3 N–H and O–H groups in total. The van der Waals surface area contributed by atoms with Crippen LogP contribution in [0.5, 0.6) is 0 Å². The van der Waals surface area contributed by atoms with Crippen molar-refractivity contribution in [1.82, 2.24) is 5.32 Å². The van der Waals surface area contributed by atoms with Gasteiger partial charge in [0.1, 0.15) is 6.10 Å². The van der Waals surface area contributed by atoms with Gasteiger partial charge in [0.05, 0.1) is 25.2 Å². The van der Waals surface area contributed by atoms with Crippen LogP contribution < -0.4 is 5.32 Å². The molecular weight excluding hydrogens is 755 g/mol. The van der Waals surface area contributed by atoms with Gasteiger partial charge in [-0.2, -0.15) is 0 Å². The van der Waals surface area contributed by atoms with Gasteiger partial charge in [0, 0.05) is 6.42 Å². The Labute approximate surface area is 377 Å². The van der Waals surface area contributed by atoms with E-state index >= 15 is 0 Å². The van der Waals surface area contributed by atoms with Crippen molar-refractivity contribution in [2.24, 2.45) is 0 Å². The Morgan fingerprint density at radius 1 is 0.508 bits per heavy atom. The summed E-state index contributed by atoms with van der Waals surface area (Å²) in [6.45, 7) is 6.22. The van der Waals surface area contributed by atoms with Crippen molar-refractivity contribution >= 4 is 11.9 Å². The highest BCUT2D eigenvalue weighted by Crippen LogP contribution is 2.17. The highest BCUT2D eigenvalue weighted by atomic mass is 16.5. The second-order valence-electron chi connectivity index (χ2n) is 17.3. The van der Waals surface area contributed by atoms with Gasteiger partial charge in [0.25, 0.3) is 0 Å². The second kappa shape index (κ2) is 48.3. The maximum Gasteiger partial charge on any atom is 0.306 e. The SMILES string of the molecule is CC/C=C/C=C/C=C\C=C/CCCC(CC(=O)NC(CO)C(O)CCCCCCCCCCCCCCCCCCC)OC(=O)CCCCCCCCC/C=C/C/C=C/CC. The molecule has 6 nitrogen and oxygen atoms in total. The number of hydrogen-bond donors (Lipinski definition) is 3. The molecule has 352 valence electrons. The standard InChI is InChI=1S/C55H97NO5/c1-4-7-10-13-16-19-22-24-26-27-28-29-32-35-38-41-44-47-53(58)52(50-57)56-54(59)49-51(46-43-40-37-34-31-21-18-15-12-9-6-3)61-55(60)48-45-42-39-36-33-30-25-23-20-17-14-11-8-5-2/h8-9,11-12,15,17-18,20-21,31,34,37,51-53,57-58H,4-7,10,13-14,16,19,22-30,32-33,35-36,38-50H2,1-3H3,(H,56,59)/b11-8+,12-9+,18-15+,20-17+,31-21-,37-34-. The molecular formula is C55H97NO5. The minimum atomic E-state index is -0.809. The van der Waals surface area contributed by atoms with E-state index in [9.17, 15) is 19.8 Å². The van der Waals surface area contributed by atoms with Gasteiger partial charge in [0.2, 0.25) is 5.91 Å². The van der Waals surface area contributed by atoms with Gasteiger partial charge in [-0.25, -0.2) is 0 Å². The number of aliphatic hydroxyl groups is 2. The van der Waals surface area contributed by atoms with Crippen LogP contribution in [-0.2, 0) is 14.3 Å². The Morgan fingerprint density at radius 3 is 1.54 bits per heavy atom. The molecule has 0 saturated carbocycles. The molecule has 0 spiro atoms. The fraction of sp³-hybridized carbons (Fsp3) is 0.745. The maximum absolute atomic E-state index is 13.2. The second-order valence-corrected chi connectivity index (χ2v) is 17.3. The number of carbonyl (C=O) groups is 2. The van der Waals surface area contributed by atoms with Crippen molar-refractivity contribution in [3.05, 3.63) is 72.9 Å². The monoisotopic (exact) mass is 852 g/mol. The number of unbranched alkanes of at least 4 members (excludes halogenated alkanes) is 24. The molecule has 0 aromatic carbocycles. The molecule has 0 radical (unpaired) electrons. The first-order valence-electron chi connectivity index (χ1n) is 25.7. The van der Waals surface area contributed by atoms with Crippen molar-refractivity contribution in [3.63, 3.8) is 0 Å². The van der Waals surface area contributed by atoms with Crippen molar-refractivity contribution in [2.75, 3.05) is 6.61 Å². The zero-order valence-corrected chi connectivity index (χ0v) is 40.0. The van der Waals surface area contributed by atoms with Crippen LogP contribution in [0, 0.1) is 0 Å². The van der Waals surface area contributed by atoms with Crippen LogP contribution in [0.3, 0.4) is 0 Å². The number of nitrogens with one attached hydrogen (secondary N) is 1. The zero-order valence-electron chi connectivity index (χ0n) is 40.0. The molecule has 0 aliphatic heterocycles. The fourth-order valence-corrected chi connectivity index (χ4v) is 7.54. The summed E-state index contributed by atoms with van der Waals surface area (Å²) in [4.78, 5) is 26.1. The first-order valence-corrected chi connectivity index (χ1v) is 25.7. The summed E-state index contributed by atoms with van der Waals surface area (Å²) in [5, 5.41) is 23.8. The lowest BCUT2D eigenvalue weighted by Gasteiger charge is -2.24. The fourth-order valence-electron chi connectivity index (χ4n) is 7.54. The lowest BCUT2D eigenvalue weighted by molar-refractivity contribution is -0.151. The summed E-state index contributed by atoms with van der Waals surface area (Å²) < 4.78 is 5.88. The number of aliphatic hydroxyl groups excluding tert-OH is 2. The Morgan fingerprint density at radius 2 is 0.984 bits per heavy atom. The molecule has 0 aliphatic rings. The molecule has 0 aliphatic carbocycles. The van der Waals surface area contributed by atoms with Crippen LogP contribution in [0.25, 0.3) is 0 Å². The van der Waals surface area contributed by atoms with E-state index in [0.717, 1.165) is 77.0 Å². The quantitative estimate of drug-likeness (QED) is 0.0245. The molecule has 0 fully saturated rings. The van der Waals surface area contributed by atoms with E-state index < -0.39 is 18.2 Å². The topological polar surface area (TPSA) is 95.9 Å². The average Bonchev–Trinajstić information content (AvgIpc) is 3.25. The van der Waals surface area contributed by atoms with E-state index in [0.29, 0.717) is 19.3 Å². The molecule has 3 atom stereocenters. The highest BCUT2D eigenvalue weighted by Gasteiger charge is 2.24. The number of hydrogen-bond acceptors (Lipinski definition) is 5. The van der Waals surface area contributed by atoms with Crippen molar-refractivity contribution in [3.8, 4) is 0 Å². The molecule has 0 aromatic rings. The minimum absolute atomic E-state index is 0.0262. The summed E-state index contributed by atoms with van der Waals surface area (Å²) in [6, 6.07) is -0.726. The Kier molecular flexibility index (Phi) is 46.2. The summed E-state index contributed by atoms with van der Waals surface area (Å²) >= 11 is 0. The van der Waals surface area contributed by atoms with E-state index in [-0.39, 0.29) is 24.9 Å². The first kappa shape index (κ1) is 58.3. The number of ether oxygens (including phenoxy) is 1. The molecule has 3 unspecified atom stereocenters. The smallest absolute Gasteiger partial charge is 0.306 e. The number of amides is 1. The first-order chi connectivity index (χ1) is 30.0. The van der Waals surface area contributed by atoms with Crippen molar-refractivity contribution in [2.45, 2.75) is 257 Å². The third-order valence-corrected chi connectivity index (χ3v) is 11.4. The third-order valence-electron chi connectivity index (χ3n) is 11.4. The molecule has 0 bridgehead atoms. The number of allylic oxidation sites excluding steroid dienone is 12. The van der Waals surface area contributed by atoms with Gasteiger partial charge in [-0.05, 0) is 64.2 Å². The molecule has 1 amide bonds. The largest absolute Gasteiger partial charge is 0.462 e.